The lowest BCUT2D eigenvalue weighted by molar-refractivity contribution is 0.412. The Labute approximate surface area is 83.2 Å². The number of hydrogen-bond donors (Lipinski definition) is 0. The van der Waals surface area contributed by atoms with Crippen molar-refractivity contribution in [3.8, 4) is 5.75 Å². The van der Waals surface area contributed by atoms with Crippen molar-refractivity contribution in [3.05, 3.63) is 23.8 Å². The molecule has 0 heterocycles. The lowest BCUT2D eigenvalue weighted by atomic mass is 10.2. The molecule has 70 valence electrons. The fourth-order valence-corrected chi connectivity index (χ4v) is 1.20. The SMILES string of the molecule is COc1cccc(/N=C(\C)Cl)c1C. The van der Waals surface area contributed by atoms with Crippen LogP contribution in [-0.4, -0.2) is 12.3 Å². The van der Waals surface area contributed by atoms with Gasteiger partial charge in [0.1, 0.15) is 10.9 Å². The van der Waals surface area contributed by atoms with Gasteiger partial charge in [-0.2, -0.15) is 0 Å². The molecule has 0 bridgehead atoms. The number of methoxy groups -OCH3 is 1. The molecule has 0 fully saturated rings. The van der Waals surface area contributed by atoms with Crippen molar-refractivity contribution in [3.63, 3.8) is 0 Å². The fraction of sp³-hybridized carbons (Fsp3) is 0.300. The summed E-state index contributed by atoms with van der Waals surface area (Å²) in [5.41, 5.74) is 1.86. The van der Waals surface area contributed by atoms with Gasteiger partial charge < -0.3 is 4.74 Å². The van der Waals surface area contributed by atoms with Crippen LogP contribution in [0.4, 0.5) is 5.69 Å². The van der Waals surface area contributed by atoms with Crippen molar-refractivity contribution in [1.82, 2.24) is 0 Å². The summed E-state index contributed by atoms with van der Waals surface area (Å²) in [4.78, 5) is 4.17. The summed E-state index contributed by atoms with van der Waals surface area (Å²) in [6.07, 6.45) is 0. The van der Waals surface area contributed by atoms with Gasteiger partial charge in [-0.25, -0.2) is 4.99 Å². The van der Waals surface area contributed by atoms with Crippen LogP contribution >= 0.6 is 11.6 Å². The average molecular weight is 198 g/mol. The highest BCUT2D eigenvalue weighted by atomic mass is 35.5. The molecule has 0 saturated heterocycles. The third kappa shape index (κ3) is 2.46. The average Bonchev–Trinajstić information content (AvgIpc) is 2.08. The molecule has 0 aromatic heterocycles. The van der Waals surface area contributed by atoms with E-state index >= 15 is 0 Å². The molecular weight excluding hydrogens is 186 g/mol. The van der Waals surface area contributed by atoms with E-state index in [0.29, 0.717) is 5.17 Å². The zero-order valence-electron chi connectivity index (χ0n) is 7.97. The van der Waals surface area contributed by atoms with Gasteiger partial charge in [-0.15, -0.1) is 0 Å². The number of aliphatic imine (C=N–C) groups is 1. The second-order valence-corrected chi connectivity index (χ2v) is 3.26. The molecule has 0 aliphatic rings. The van der Waals surface area contributed by atoms with Gasteiger partial charge in [0.15, 0.2) is 0 Å². The number of rotatable bonds is 2. The predicted octanol–water partition coefficient (Wildman–Crippen LogP) is 3.29. The Balaban J connectivity index is 3.16. The normalized spacial score (nSPS) is 11.5. The van der Waals surface area contributed by atoms with Gasteiger partial charge in [0.05, 0.1) is 12.8 Å². The van der Waals surface area contributed by atoms with Crippen LogP contribution in [0, 0.1) is 6.92 Å². The van der Waals surface area contributed by atoms with Crippen LogP contribution in [-0.2, 0) is 0 Å². The highest BCUT2D eigenvalue weighted by molar-refractivity contribution is 6.65. The van der Waals surface area contributed by atoms with E-state index < -0.39 is 0 Å². The van der Waals surface area contributed by atoms with Crippen LogP contribution in [0.1, 0.15) is 12.5 Å². The van der Waals surface area contributed by atoms with Gasteiger partial charge in [0.2, 0.25) is 0 Å². The molecule has 3 heteroatoms. The molecule has 13 heavy (non-hydrogen) atoms. The zero-order chi connectivity index (χ0) is 9.84. The van der Waals surface area contributed by atoms with Crippen molar-refractivity contribution in [2.75, 3.05) is 7.11 Å². The Hall–Kier alpha value is -1.02. The summed E-state index contributed by atoms with van der Waals surface area (Å²) in [6.45, 7) is 3.71. The predicted molar refractivity (Wildman–Crippen MR) is 56.4 cm³/mol. The largest absolute Gasteiger partial charge is 0.496 e. The van der Waals surface area contributed by atoms with Crippen LogP contribution in [0.15, 0.2) is 23.2 Å². The summed E-state index contributed by atoms with van der Waals surface area (Å²) in [6, 6.07) is 5.70. The van der Waals surface area contributed by atoms with E-state index in [0.717, 1.165) is 17.0 Å². The Kier molecular flexibility index (Phi) is 3.32. The molecule has 0 aliphatic carbocycles. The van der Waals surface area contributed by atoms with Crippen LogP contribution in [0.25, 0.3) is 0 Å². The first-order valence-corrected chi connectivity index (χ1v) is 4.37. The summed E-state index contributed by atoms with van der Waals surface area (Å²) in [7, 11) is 1.64. The maximum Gasteiger partial charge on any atom is 0.123 e. The van der Waals surface area contributed by atoms with Crippen LogP contribution in [0.3, 0.4) is 0 Å². The Bertz CT molecular complexity index is 330. The highest BCUT2D eigenvalue weighted by Crippen LogP contribution is 2.27. The molecule has 0 atom stereocenters. The fourth-order valence-electron chi connectivity index (χ4n) is 1.11. The summed E-state index contributed by atoms with van der Waals surface area (Å²) >= 11 is 5.69. The molecule has 0 amide bonds. The zero-order valence-corrected chi connectivity index (χ0v) is 8.72. The quantitative estimate of drug-likeness (QED) is 0.667. The summed E-state index contributed by atoms with van der Waals surface area (Å²) in [5.74, 6) is 0.833. The van der Waals surface area contributed by atoms with Gasteiger partial charge in [-0.1, -0.05) is 17.7 Å². The molecule has 0 saturated carbocycles. The molecule has 0 unspecified atom stereocenters. The lowest BCUT2D eigenvalue weighted by Crippen LogP contribution is -1.87. The highest BCUT2D eigenvalue weighted by Gasteiger charge is 2.02. The first kappa shape index (κ1) is 10.1. The van der Waals surface area contributed by atoms with E-state index in [1.54, 1.807) is 14.0 Å². The molecule has 1 rings (SSSR count). The topological polar surface area (TPSA) is 21.6 Å². The molecule has 0 spiro atoms. The standard InChI is InChI=1S/C10H12ClNO/c1-7-9(12-8(2)11)5-4-6-10(7)13-3/h4-6H,1-3H3/b12-8+. The lowest BCUT2D eigenvalue weighted by Gasteiger charge is -2.06. The minimum Gasteiger partial charge on any atom is -0.496 e. The third-order valence-electron chi connectivity index (χ3n) is 1.75. The number of benzene rings is 1. The molecule has 0 radical (unpaired) electrons. The number of hydrogen-bond acceptors (Lipinski definition) is 2. The van der Waals surface area contributed by atoms with Crippen molar-refractivity contribution in [1.29, 1.82) is 0 Å². The Morgan fingerprint density at radius 3 is 2.69 bits per heavy atom. The van der Waals surface area contributed by atoms with Crippen molar-refractivity contribution in [2.24, 2.45) is 4.99 Å². The van der Waals surface area contributed by atoms with Gasteiger partial charge in [0, 0.05) is 5.56 Å². The van der Waals surface area contributed by atoms with E-state index in [4.69, 9.17) is 16.3 Å². The minimum atomic E-state index is 0.524. The van der Waals surface area contributed by atoms with Gasteiger partial charge in [-0.05, 0) is 26.0 Å². The van der Waals surface area contributed by atoms with Crippen molar-refractivity contribution >= 4 is 22.5 Å². The molecule has 1 aromatic rings. The molecule has 2 nitrogen and oxygen atoms in total. The van der Waals surface area contributed by atoms with Gasteiger partial charge in [0.25, 0.3) is 0 Å². The first-order chi connectivity index (χ1) is 6.15. The van der Waals surface area contributed by atoms with Crippen LogP contribution < -0.4 is 4.74 Å². The van der Waals surface area contributed by atoms with Gasteiger partial charge >= 0.3 is 0 Å². The van der Waals surface area contributed by atoms with Gasteiger partial charge in [-0.3, -0.25) is 0 Å². The summed E-state index contributed by atoms with van der Waals surface area (Å²) in [5, 5.41) is 0.524. The van der Waals surface area contributed by atoms with E-state index in [9.17, 15) is 0 Å². The van der Waals surface area contributed by atoms with E-state index in [-0.39, 0.29) is 0 Å². The van der Waals surface area contributed by atoms with Crippen LogP contribution in [0.2, 0.25) is 0 Å². The van der Waals surface area contributed by atoms with Crippen molar-refractivity contribution in [2.45, 2.75) is 13.8 Å². The van der Waals surface area contributed by atoms with Crippen LogP contribution in [0.5, 0.6) is 5.75 Å². The van der Waals surface area contributed by atoms with Crippen molar-refractivity contribution < 1.29 is 4.74 Å². The number of halogens is 1. The second kappa shape index (κ2) is 4.28. The molecule has 0 N–H and O–H groups in total. The monoisotopic (exact) mass is 197 g/mol. The first-order valence-electron chi connectivity index (χ1n) is 3.99. The third-order valence-corrected chi connectivity index (χ3v) is 1.83. The van der Waals surface area contributed by atoms with E-state index in [1.165, 1.54) is 0 Å². The number of nitrogens with zero attached hydrogens (tertiary/aromatic N) is 1. The van der Waals surface area contributed by atoms with E-state index in [1.807, 2.05) is 25.1 Å². The maximum absolute atomic E-state index is 5.69. The minimum absolute atomic E-state index is 0.524. The molecule has 0 aliphatic heterocycles. The Morgan fingerprint density at radius 1 is 1.46 bits per heavy atom. The molecule has 1 aromatic carbocycles. The Morgan fingerprint density at radius 2 is 2.15 bits per heavy atom. The second-order valence-electron chi connectivity index (χ2n) is 2.71. The smallest absolute Gasteiger partial charge is 0.123 e. The molecular formula is C10H12ClNO. The summed E-state index contributed by atoms with van der Waals surface area (Å²) < 4.78 is 5.15. The van der Waals surface area contributed by atoms with E-state index in [2.05, 4.69) is 4.99 Å². The maximum atomic E-state index is 5.69. The number of ether oxygens (including phenoxy) is 1.